The van der Waals surface area contributed by atoms with Gasteiger partial charge in [0.05, 0.1) is 0 Å². The van der Waals surface area contributed by atoms with Crippen molar-refractivity contribution < 1.29 is 4.43 Å². The minimum Gasteiger partial charge on any atom is -0.412 e. The predicted octanol–water partition coefficient (Wildman–Crippen LogP) is 1.89. The van der Waals surface area contributed by atoms with Crippen LogP contribution >= 0.6 is 0 Å². The van der Waals surface area contributed by atoms with Crippen molar-refractivity contribution in [3.63, 3.8) is 0 Å². The molecule has 0 saturated carbocycles. The molecule has 70 valence electrons. The molecule has 0 aliphatic carbocycles. The van der Waals surface area contributed by atoms with Crippen LogP contribution in [0.25, 0.3) is 0 Å². The van der Waals surface area contributed by atoms with Crippen molar-refractivity contribution in [2.75, 3.05) is 6.61 Å². The summed E-state index contributed by atoms with van der Waals surface area (Å²) in [6.45, 7) is 9.27. The minimum atomic E-state index is 0.499. The van der Waals surface area contributed by atoms with Crippen molar-refractivity contribution in [3.8, 4) is 0 Å². The molecule has 0 unspecified atom stereocenters. The normalized spacial score (nSPS) is 10.5. The Morgan fingerprint density at radius 1 is 1.15 bits per heavy atom. The van der Waals surface area contributed by atoms with Crippen LogP contribution in [0.4, 0.5) is 0 Å². The van der Waals surface area contributed by atoms with Crippen molar-refractivity contribution in [1.29, 1.82) is 0 Å². The molecule has 0 heterocycles. The topological polar surface area (TPSA) is 9.23 Å². The van der Waals surface area contributed by atoms with E-state index in [2.05, 4.69) is 32.9 Å². The van der Waals surface area contributed by atoms with E-state index in [0.29, 0.717) is 9.76 Å². The summed E-state index contributed by atoms with van der Waals surface area (Å²) in [5.41, 5.74) is 4.04. The molecule has 0 amide bonds. The van der Waals surface area contributed by atoms with E-state index < -0.39 is 0 Å². The summed E-state index contributed by atoms with van der Waals surface area (Å²) in [5, 5.41) is 1.37. The predicted molar refractivity (Wildman–Crippen MR) is 57.7 cm³/mol. The third-order valence-electron chi connectivity index (χ3n) is 2.00. The lowest BCUT2D eigenvalue weighted by atomic mass is 10.1. The van der Waals surface area contributed by atoms with Gasteiger partial charge in [0, 0.05) is 6.61 Å². The Bertz CT molecular complexity index is 271. The number of aryl methyl sites for hydroxylation is 3. The van der Waals surface area contributed by atoms with E-state index in [9.17, 15) is 0 Å². The van der Waals surface area contributed by atoms with E-state index in [1.807, 2.05) is 6.92 Å². The first kappa shape index (κ1) is 10.5. The van der Waals surface area contributed by atoms with E-state index in [1.54, 1.807) is 0 Å². The summed E-state index contributed by atoms with van der Waals surface area (Å²) in [4.78, 5) is 0. The maximum absolute atomic E-state index is 5.45. The third-order valence-corrected chi connectivity index (χ3v) is 3.42. The maximum Gasteiger partial charge on any atom is 0.269 e. The highest BCUT2D eigenvalue weighted by molar-refractivity contribution is 6.48. The van der Waals surface area contributed by atoms with E-state index in [4.69, 9.17) is 4.43 Å². The maximum atomic E-state index is 5.45. The molecule has 0 N–H and O–H groups in total. The van der Waals surface area contributed by atoms with Gasteiger partial charge in [0.15, 0.2) is 0 Å². The molecule has 0 fully saturated rings. The average Bonchev–Trinajstić information content (AvgIpc) is 2.02. The molecule has 0 spiro atoms. The quantitative estimate of drug-likeness (QED) is 0.665. The highest BCUT2D eigenvalue weighted by Crippen LogP contribution is 2.04. The van der Waals surface area contributed by atoms with Crippen LogP contribution in [-0.4, -0.2) is 16.4 Å². The molecule has 0 aliphatic rings. The average molecular weight is 192 g/mol. The molecule has 0 saturated heterocycles. The van der Waals surface area contributed by atoms with Crippen molar-refractivity contribution in [2.24, 2.45) is 0 Å². The van der Waals surface area contributed by atoms with Crippen LogP contribution in [0.2, 0.25) is 0 Å². The first-order valence-corrected chi connectivity index (χ1v) is 5.51. The van der Waals surface area contributed by atoms with Crippen LogP contribution in [0, 0.1) is 20.8 Å². The molecule has 1 aromatic rings. The van der Waals surface area contributed by atoms with Crippen LogP contribution in [0.1, 0.15) is 23.6 Å². The van der Waals surface area contributed by atoms with Crippen LogP contribution < -0.4 is 5.19 Å². The van der Waals surface area contributed by atoms with E-state index in [1.165, 1.54) is 21.9 Å². The van der Waals surface area contributed by atoms with Gasteiger partial charge < -0.3 is 4.43 Å². The standard InChI is InChI=1S/C11H16OSi/c1-5-12-13-11-9(3)6-8(2)7-10(11)4/h6-7H,5H2,1-4H3. The molecule has 0 bridgehead atoms. The van der Waals surface area contributed by atoms with Gasteiger partial charge >= 0.3 is 0 Å². The van der Waals surface area contributed by atoms with Crippen LogP contribution in [0.3, 0.4) is 0 Å². The summed E-state index contributed by atoms with van der Waals surface area (Å²) >= 11 is 0. The van der Waals surface area contributed by atoms with Crippen LogP contribution in [0.5, 0.6) is 0 Å². The lowest BCUT2D eigenvalue weighted by molar-refractivity contribution is 0.367. The fourth-order valence-electron chi connectivity index (χ4n) is 1.49. The Morgan fingerprint density at radius 2 is 1.69 bits per heavy atom. The van der Waals surface area contributed by atoms with Gasteiger partial charge in [0.25, 0.3) is 9.76 Å². The molecule has 2 heteroatoms. The summed E-state index contributed by atoms with van der Waals surface area (Å²) < 4.78 is 5.45. The van der Waals surface area contributed by atoms with Gasteiger partial charge in [-0.3, -0.25) is 0 Å². The fourth-order valence-corrected chi connectivity index (χ4v) is 2.24. The van der Waals surface area contributed by atoms with Crippen molar-refractivity contribution in [2.45, 2.75) is 27.7 Å². The van der Waals surface area contributed by atoms with Crippen LogP contribution in [-0.2, 0) is 4.43 Å². The van der Waals surface area contributed by atoms with E-state index in [0.717, 1.165) is 6.61 Å². The van der Waals surface area contributed by atoms with Gasteiger partial charge in [0.2, 0.25) is 0 Å². The van der Waals surface area contributed by atoms with E-state index in [-0.39, 0.29) is 0 Å². The molecule has 0 atom stereocenters. The SMILES string of the molecule is CCO[Si]c1c(C)cc(C)cc1C. The number of hydrogen-bond acceptors (Lipinski definition) is 1. The Kier molecular flexibility index (Phi) is 3.69. The highest BCUT2D eigenvalue weighted by Gasteiger charge is 2.04. The molecule has 1 nitrogen and oxygen atoms in total. The van der Waals surface area contributed by atoms with Crippen molar-refractivity contribution in [3.05, 3.63) is 28.8 Å². The molecule has 13 heavy (non-hydrogen) atoms. The summed E-state index contributed by atoms with van der Waals surface area (Å²) in [6, 6.07) is 4.43. The zero-order valence-corrected chi connectivity index (χ0v) is 9.77. The Morgan fingerprint density at radius 3 is 2.15 bits per heavy atom. The molecule has 1 aromatic carbocycles. The van der Waals surface area contributed by atoms with Crippen molar-refractivity contribution in [1.82, 2.24) is 0 Å². The zero-order valence-electron chi connectivity index (χ0n) is 8.77. The molecular weight excluding hydrogens is 176 g/mol. The fraction of sp³-hybridized carbons (Fsp3) is 0.455. The lowest BCUT2D eigenvalue weighted by Gasteiger charge is -2.09. The van der Waals surface area contributed by atoms with Gasteiger partial charge in [-0.05, 0) is 44.0 Å². The Labute approximate surface area is 83.1 Å². The van der Waals surface area contributed by atoms with Gasteiger partial charge in [-0.1, -0.05) is 17.7 Å². The molecule has 0 aromatic heterocycles. The molecular formula is C11H16OSi. The van der Waals surface area contributed by atoms with Crippen LogP contribution in [0.15, 0.2) is 12.1 Å². The second kappa shape index (κ2) is 4.58. The lowest BCUT2D eigenvalue weighted by Crippen LogP contribution is -2.23. The highest BCUT2D eigenvalue weighted by atomic mass is 28.2. The summed E-state index contributed by atoms with van der Waals surface area (Å²) in [5.74, 6) is 0. The number of rotatable bonds is 3. The van der Waals surface area contributed by atoms with Gasteiger partial charge in [-0.2, -0.15) is 0 Å². The van der Waals surface area contributed by atoms with Crippen molar-refractivity contribution >= 4 is 14.9 Å². The number of benzene rings is 1. The zero-order chi connectivity index (χ0) is 9.84. The summed E-state index contributed by atoms with van der Waals surface area (Å²) in [7, 11) is 0.499. The van der Waals surface area contributed by atoms with Gasteiger partial charge in [-0.15, -0.1) is 0 Å². The molecule has 2 radical (unpaired) electrons. The Balaban J connectivity index is 2.92. The second-order valence-corrected chi connectivity index (χ2v) is 4.30. The monoisotopic (exact) mass is 192 g/mol. The third kappa shape index (κ3) is 2.67. The second-order valence-electron chi connectivity index (χ2n) is 3.31. The first-order valence-electron chi connectivity index (χ1n) is 4.60. The Hall–Kier alpha value is -0.603. The largest absolute Gasteiger partial charge is 0.412 e. The smallest absolute Gasteiger partial charge is 0.269 e. The summed E-state index contributed by atoms with van der Waals surface area (Å²) in [6.07, 6.45) is 0. The molecule has 0 aliphatic heterocycles. The van der Waals surface area contributed by atoms with E-state index >= 15 is 0 Å². The first-order chi connectivity index (χ1) is 6.15. The van der Waals surface area contributed by atoms with Gasteiger partial charge in [0.1, 0.15) is 0 Å². The minimum absolute atomic E-state index is 0.499. The number of hydrogen-bond donors (Lipinski definition) is 0. The molecule has 1 rings (SSSR count). The van der Waals surface area contributed by atoms with Gasteiger partial charge in [-0.25, -0.2) is 0 Å².